The summed E-state index contributed by atoms with van der Waals surface area (Å²) < 4.78 is 16.0. The number of benzene rings is 1. The van der Waals surface area contributed by atoms with Gasteiger partial charge in [0.1, 0.15) is 5.75 Å². The Balaban J connectivity index is 2.49. The molecule has 2 rings (SSSR count). The van der Waals surface area contributed by atoms with E-state index in [9.17, 15) is 0 Å². The Hall–Kier alpha value is -1.72. The number of hydrogen-bond donors (Lipinski definition) is 1. The summed E-state index contributed by atoms with van der Waals surface area (Å²) in [6.07, 6.45) is 0. The highest BCUT2D eigenvalue weighted by molar-refractivity contribution is 7.08. The van der Waals surface area contributed by atoms with Gasteiger partial charge in [-0.2, -0.15) is 11.3 Å². The average Bonchev–Trinajstić information content (AvgIpc) is 2.99. The van der Waals surface area contributed by atoms with Crippen LogP contribution in [-0.2, 0) is 0 Å². The van der Waals surface area contributed by atoms with Crippen molar-refractivity contribution in [2.45, 2.75) is 6.04 Å². The van der Waals surface area contributed by atoms with Crippen LogP contribution >= 0.6 is 11.3 Å². The van der Waals surface area contributed by atoms with E-state index in [1.807, 2.05) is 22.9 Å². The molecule has 1 unspecified atom stereocenters. The lowest BCUT2D eigenvalue weighted by Gasteiger charge is -2.18. The van der Waals surface area contributed by atoms with Gasteiger partial charge in [0.15, 0.2) is 11.5 Å². The fourth-order valence-electron chi connectivity index (χ4n) is 1.93. The van der Waals surface area contributed by atoms with E-state index in [1.54, 1.807) is 38.7 Å². The van der Waals surface area contributed by atoms with E-state index >= 15 is 0 Å². The third kappa shape index (κ3) is 2.67. The number of methoxy groups -OCH3 is 3. The largest absolute Gasteiger partial charge is 0.496 e. The first-order valence-corrected chi connectivity index (χ1v) is 6.73. The number of nitrogens with two attached hydrogens (primary N) is 1. The molecule has 1 aromatic carbocycles. The molecule has 5 heteroatoms. The lowest BCUT2D eigenvalue weighted by Crippen LogP contribution is -2.12. The Morgan fingerprint density at radius 1 is 1.00 bits per heavy atom. The van der Waals surface area contributed by atoms with Crippen LogP contribution in [-0.4, -0.2) is 21.3 Å². The van der Waals surface area contributed by atoms with Crippen LogP contribution in [0.1, 0.15) is 17.2 Å². The molecular weight excluding hydrogens is 262 g/mol. The molecule has 102 valence electrons. The maximum absolute atomic E-state index is 6.28. The normalized spacial score (nSPS) is 12.0. The number of rotatable bonds is 5. The summed E-state index contributed by atoms with van der Waals surface area (Å²) in [5, 5.41) is 4.03. The Kier molecular flexibility index (Phi) is 4.29. The van der Waals surface area contributed by atoms with Crippen LogP contribution in [0.2, 0.25) is 0 Å². The molecule has 4 nitrogen and oxygen atoms in total. The van der Waals surface area contributed by atoms with E-state index in [4.69, 9.17) is 19.9 Å². The molecule has 0 aliphatic heterocycles. The Labute approximate surface area is 116 Å². The molecule has 0 spiro atoms. The fraction of sp³-hybridized carbons (Fsp3) is 0.286. The van der Waals surface area contributed by atoms with E-state index in [0.29, 0.717) is 17.2 Å². The van der Waals surface area contributed by atoms with Gasteiger partial charge in [-0.1, -0.05) is 0 Å². The second kappa shape index (κ2) is 5.95. The molecule has 2 N–H and O–H groups in total. The van der Waals surface area contributed by atoms with E-state index < -0.39 is 0 Å². The number of hydrogen-bond acceptors (Lipinski definition) is 5. The lowest BCUT2D eigenvalue weighted by molar-refractivity contribution is 0.347. The van der Waals surface area contributed by atoms with Crippen molar-refractivity contribution >= 4 is 11.3 Å². The van der Waals surface area contributed by atoms with E-state index in [0.717, 1.165) is 11.1 Å². The zero-order valence-electron chi connectivity index (χ0n) is 11.2. The first-order valence-electron chi connectivity index (χ1n) is 5.78. The van der Waals surface area contributed by atoms with Gasteiger partial charge in [0, 0.05) is 11.6 Å². The van der Waals surface area contributed by atoms with Crippen molar-refractivity contribution in [3.8, 4) is 17.2 Å². The highest BCUT2D eigenvalue weighted by Gasteiger charge is 2.18. The molecule has 0 radical (unpaired) electrons. The van der Waals surface area contributed by atoms with Crippen LogP contribution < -0.4 is 19.9 Å². The minimum absolute atomic E-state index is 0.249. The van der Waals surface area contributed by atoms with Crippen molar-refractivity contribution < 1.29 is 14.2 Å². The smallest absolute Gasteiger partial charge is 0.164 e. The standard InChI is InChI=1S/C14H17NO3S/c1-16-11-7-13(18-3)12(17-2)6-10(11)14(15)9-4-5-19-8-9/h4-8,14H,15H2,1-3H3. The average molecular weight is 279 g/mol. The quantitative estimate of drug-likeness (QED) is 0.914. The van der Waals surface area contributed by atoms with E-state index in [1.165, 1.54) is 0 Å². The summed E-state index contributed by atoms with van der Waals surface area (Å²) in [6.45, 7) is 0. The first-order chi connectivity index (χ1) is 9.21. The van der Waals surface area contributed by atoms with Gasteiger partial charge >= 0.3 is 0 Å². The fourth-order valence-corrected chi connectivity index (χ4v) is 2.62. The molecule has 0 aliphatic rings. The molecule has 1 aromatic heterocycles. The molecule has 0 fully saturated rings. The summed E-state index contributed by atoms with van der Waals surface area (Å²) >= 11 is 1.62. The van der Waals surface area contributed by atoms with Gasteiger partial charge in [-0.25, -0.2) is 0 Å². The summed E-state index contributed by atoms with van der Waals surface area (Å²) in [5.74, 6) is 1.96. The van der Waals surface area contributed by atoms with E-state index in [2.05, 4.69) is 0 Å². The molecule has 0 saturated heterocycles. The molecule has 0 aliphatic carbocycles. The zero-order chi connectivity index (χ0) is 13.8. The van der Waals surface area contributed by atoms with Crippen molar-refractivity contribution in [1.82, 2.24) is 0 Å². The zero-order valence-corrected chi connectivity index (χ0v) is 12.0. The molecular formula is C14H17NO3S. The van der Waals surface area contributed by atoms with Crippen LogP contribution in [0.4, 0.5) is 0 Å². The Morgan fingerprint density at radius 2 is 1.63 bits per heavy atom. The molecule has 0 amide bonds. The topological polar surface area (TPSA) is 53.7 Å². The minimum Gasteiger partial charge on any atom is -0.496 e. The summed E-state index contributed by atoms with van der Waals surface area (Å²) in [6, 6.07) is 5.41. The Morgan fingerprint density at radius 3 is 2.16 bits per heavy atom. The van der Waals surface area contributed by atoms with Gasteiger partial charge in [-0.05, 0) is 28.5 Å². The van der Waals surface area contributed by atoms with Gasteiger partial charge in [0.2, 0.25) is 0 Å². The van der Waals surface area contributed by atoms with Crippen molar-refractivity contribution in [1.29, 1.82) is 0 Å². The molecule has 19 heavy (non-hydrogen) atoms. The van der Waals surface area contributed by atoms with E-state index in [-0.39, 0.29) is 6.04 Å². The summed E-state index contributed by atoms with van der Waals surface area (Å²) in [5.41, 5.74) is 8.21. The van der Waals surface area contributed by atoms with Crippen molar-refractivity contribution in [2.75, 3.05) is 21.3 Å². The third-order valence-electron chi connectivity index (χ3n) is 2.97. The molecule has 0 saturated carbocycles. The van der Waals surface area contributed by atoms with Crippen molar-refractivity contribution in [3.05, 3.63) is 40.1 Å². The van der Waals surface area contributed by atoms with Crippen LogP contribution in [0, 0.1) is 0 Å². The van der Waals surface area contributed by atoms with Gasteiger partial charge in [-0.3, -0.25) is 0 Å². The number of thiophene rings is 1. The van der Waals surface area contributed by atoms with Gasteiger partial charge in [0.05, 0.1) is 27.4 Å². The summed E-state index contributed by atoms with van der Waals surface area (Å²) in [4.78, 5) is 0. The van der Waals surface area contributed by atoms with Gasteiger partial charge < -0.3 is 19.9 Å². The predicted molar refractivity (Wildman–Crippen MR) is 76.4 cm³/mol. The molecule has 0 bridgehead atoms. The third-order valence-corrected chi connectivity index (χ3v) is 3.67. The van der Waals surface area contributed by atoms with Gasteiger partial charge in [-0.15, -0.1) is 0 Å². The minimum atomic E-state index is -0.249. The SMILES string of the molecule is COc1cc(OC)c(C(N)c2ccsc2)cc1OC. The van der Waals surface area contributed by atoms with Crippen molar-refractivity contribution in [3.63, 3.8) is 0 Å². The molecule has 2 aromatic rings. The van der Waals surface area contributed by atoms with Crippen LogP contribution in [0.5, 0.6) is 17.2 Å². The van der Waals surface area contributed by atoms with Gasteiger partial charge in [0.25, 0.3) is 0 Å². The first kappa shape index (κ1) is 13.7. The van der Waals surface area contributed by atoms with Crippen LogP contribution in [0.3, 0.4) is 0 Å². The van der Waals surface area contributed by atoms with Crippen molar-refractivity contribution in [2.24, 2.45) is 5.73 Å². The highest BCUT2D eigenvalue weighted by atomic mass is 32.1. The summed E-state index contributed by atoms with van der Waals surface area (Å²) in [7, 11) is 4.81. The lowest BCUT2D eigenvalue weighted by atomic mass is 10.0. The van der Waals surface area contributed by atoms with Crippen LogP contribution in [0.15, 0.2) is 29.0 Å². The monoisotopic (exact) mass is 279 g/mol. The Bertz CT molecular complexity index is 540. The predicted octanol–water partition coefficient (Wildman–Crippen LogP) is 2.82. The second-order valence-electron chi connectivity index (χ2n) is 3.98. The highest BCUT2D eigenvalue weighted by Crippen LogP contribution is 2.38. The maximum Gasteiger partial charge on any atom is 0.164 e. The number of ether oxygens (including phenoxy) is 3. The van der Waals surface area contributed by atoms with Crippen LogP contribution in [0.25, 0.3) is 0 Å². The maximum atomic E-state index is 6.28. The second-order valence-corrected chi connectivity index (χ2v) is 4.76. The molecule has 1 atom stereocenters. The molecule has 1 heterocycles.